The first-order chi connectivity index (χ1) is 17.1. The molecular formula is C30H43N3O4. The van der Waals surface area contributed by atoms with Crippen LogP contribution in [0.5, 0.6) is 0 Å². The van der Waals surface area contributed by atoms with E-state index >= 15 is 0 Å². The molecule has 3 aliphatic rings. The first kappa shape index (κ1) is 26.1. The van der Waals surface area contributed by atoms with Crippen molar-refractivity contribution in [3.8, 4) is 0 Å². The summed E-state index contributed by atoms with van der Waals surface area (Å²) in [6, 6.07) is 4.05. The summed E-state index contributed by atoms with van der Waals surface area (Å²) in [5, 5.41) is 0. The van der Waals surface area contributed by atoms with Crippen LogP contribution >= 0.6 is 0 Å². The summed E-state index contributed by atoms with van der Waals surface area (Å²) in [6.07, 6.45) is 6.20. The monoisotopic (exact) mass is 509 g/mol. The number of piperazine rings is 1. The van der Waals surface area contributed by atoms with Gasteiger partial charge >= 0.3 is 6.09 Å². The zero-order valence-corrected chi connectivity index (χ0v) is 23.9. The van der Waals surface area contributed by atoms with Gasteiger partial charge in [-0.3, -0.25) is 4.79 Å². The van der Waals surface area contributed by atoms with Gasteiger partial charge in [0.1, 0.15) is 11.1 Å². The third-order valence-electron chi connectivity index (χ3n) is 8.51. The SMILES string of the molecule is CC(C)(C)OC(=O)N1CCN(C(=O)c2cc3nc(C4CC5(CCC5)C4)cc(C(C)(C)C)c3o2)C(C)(C)C1. The van der Waals surface area contributed by atoms with Crippen molar-refractivity contribution in [2.24, 2.45) is 5.41 Å². The molecule has 1 aliphatic heterocycles. The van der Waals surface area contributed by atoms with Crippen LogP contribution < -0.4 is 0 Å². The molecule has 3 fully saturated rings. The summed E-state index contributed by atoms with van der Waals surface area (Å²) in [5.74, 6) is 0.651. The van der Waals surface area contributed by atoms with E-state index in [1.54, 1.807) is 4.90 Å². The van der Waals surface area contributed by atoms with Crippen LogP contribution in [0.25, 0.3) is 11.1 Å². The highest BCUT2D eigenvalue weighted by Gasteiger charge is 2.49. The zero-order chi connectivity index (χ0) is 27.0. The van der Waals surface area contributed by atoms with Gasteiger partial charge in [-0.05, 0) is 77.2 Å². The maximum Gasteiger partial charge on any atom is 0.410 e. The van der Waals surface area contributed by atoms with Crippen molar-refractivity contribution in [1.29, 1.82) is 0 Å². The molecule has 7 heteroatoms. The maximum atomic E-state index is 13.7. The molecule has 7 nitrogen and oxygen atoms in total. The largest absolute Gasteiger partial charge is 0.449 e. The lowest BCUT2D eigenvalue weighted by atomic mass is 9.51. The van der Waals surface area contributed by atoms with Crippen LogP contribution in [0.3, 0.4) is 0 Å². The van der Waals surface area contributed by atoms with Crippen LogP contribution in [0.2, 0.25) is 0 Å². The first-order valence-electron chi connectivity index (χ1n) is 13.8. The fourth-order valence-electron chi connectivity index (χ4n) is 6.34. The fraction of sp³-hybridized carbons (Fsp3) is 0.700. The van der Waals surface area contributed by atoms with Crippen LogP contribution in [0.15, 0.2) is 16.5 Å². The third kappa shape index (κ3) is 4.86. The number of hydrogen-bond donors (Lipinski definition) is 0. The molecule has 0 atom stereocenters. The number of rotatable bonds is 2. The molecule has 2 saturated carbocycles. The Morgan fingerprint density at radius 3 is 2.27 bits per heavy atom. The predicted molar refractivity (Wildman–Crippen MR) is 144 cm³/mol. The number of ether oxygens (including phenoxy) is 1. The Labute approximate surface area is 220 Å². The molecule has 1 saturated heterocycles. The highest BCUT2D eigenvalue weighted by atomic mass is 16.6. The van der Waals surface area contributed by atoms with Crippen molar-refractivity contribution in [1.82, 2.24) is 14.8 Å². The Hall–Kier alpha value is -2.57. The van der Waals surface area contributed by atoms with Gasteiger partial charge in [-0.25, -0.2) is 9.78 Å². The number of fused-ring (bicyclic) bond motifs is 1. The van der Waals surface area contributed by atoms with E-state index in [2.05, 4.69) is 26.8 Å². The molecule has 0 radical (unpaired) electrons. The highest BCUT2D eigenvalue weighted by Crippen LogP contribution is 2.61. The molecule has 5 rings (SSSR count). The number of pyridine rings is 1. The second kappa shape index (κ2) is 8.47. The van der Waals surface area contributed by atoms with E-state index in [-0.39, 0.29) is 17.4 Å². The molecule has 0 N–H and O–H groups in total. The summed E-state index contributed by atoms with van der Waals surface area (Å²) in [7, 11) is 0. The van der Waals surface area contributed by atoms with Gasteiger partial charge in [0.25, 0.3) is 5.91 Å². The van der Waals surface area contributed by atoms with Crippen LogP contribution in [-0.4, -0.2) is 57.6 Å². The Morgan fingerprint density at radius 1 is 1.05 bits per heavy atom. The minimum absolute atomic E-state index is 0.135. The van der Waals surface area contributed by atoms with Crippen LogP contribution in [0, 0.1) is 5.41 Å². The number of furan rings is 1. The fourth-order valence-corrected chi connectivity index (χ4v) is 6.34. The van der Waals surface area contributed by atoms with Crippen LogP contribution in [0.4, 0.5) is 4.79 Å². The predicted octanol–water partition coefficient (Wildman–Crippen LogP) is 6.64. The summed E-state index contributed by atoms with van der Waals surface area (Å²) < 4.78 is 11.8. The minimum atomic E-state index is -0.570. The molecule has 0 unspecified atom stereocenters. The highest BCUT2D eigenvalue weighted by molar-refractivity contribution is 5.96. The Bertz CT molecular complexity index is 1220. The minimum Gasteiger partial charge on any atom is -0.449 e. The van der Waals surface area contributed by atoms with Gasteiger partial charge < -0.3 is 19.0 Å². The van der Waals surface area contributed by atoms with E-state index in [1.807, 2.05) is 45.6 Å². The second-order valence-electron chi connectivity index (χ2n) is 14.3. The van der Waals surface area contributed by atoms with Gasteiger partial charge in [-0.1, -0.05) is 27.2 Å². The third-order valence-corrected chi connectivity index (χ3v) is 8.51. The molecule has 2 aromatic heterocycles. The maximum absolute atomic E-state index is 13.7. The van der Waals surface area contributed by atoms with Crippen molar-refractivity contribution < 1.29 is 18.7 Å². The van der Waals surface area contributed by atoms with Gasteiger partial charge in [0.15, 0.2) is 11.3 Å². The van der Waals surface area contributed by atoms with E-state index in [9.17, 15) is 9.59 Å². The number of carbonyl (C=O) groups excluding carboxylic acids is 2. The standard InChI is InChI=1S/C30H43N3O4/c1-27(2,3)20-14-21(19-16-30(17-19)10-9-11-30)31-22-15-23(36-24(20)22)25(34)33-13-12-32(18-29(33,7)8)26(35)37-28(4,5)6/h14-15,19H,9-13,16-18H2,1-8H3. The molecular weight excluding hydrogens is 466 g/mol. The molecule has 1 spiro atoms. The van der Waals surface area contributed by atoms with Crippen molar-refractivity contribution >= 4 is 23.1 Å². The van der Waals surface area contributed by atoms with Gasteiger partial charge in [-0.15, -0.1) is 0 Å². The molecule has 2 aliphatic carbocycles. The summed E-state index contributed by atoms with van der Waals surface area (Å²) >= 11 is 0. The molecule has 3 heterocycles. The first-order valence-corrected chi connectivity index (χ1v) is 13.8. The Balaban J connectivity index is 1.39. The number of amides is 2. The van der Waals surface area contributed by atoms with E-state index in [1.165, 1.54) is 32.1 Å². The Kier molecular flexibility index (Phi) is 5.96. The second-order valence-corrected chi connectivity index (χ2v) is 14.3. The number of nitrogens with zero attached hydrogens (tertiary/aromatic N) is 3. The van der Waals surface area contributed by atoms with Crippen molar-refractivity contribution in [2.75, 3.05) is 19.6 Å². The zero-order valence-electron chi connectivity index (χ0n) is 23.9. The summed E-state index contributed by atoms with van der Waals surface area (Å²) in [5.41, 5.74) is 3.04. The normalized spacial score (nSPS) is 21.6. The van der Waals surface area contributed by atoms with Gasteiger partial charge in [0.05, 0.1) is 5.54 Å². The topological polar surface area (TPSA) is 75.9 Å². The Morgan fingerprint density at radius 2 is 1.73 bits per heavy atom. The quantitative estimate of drug-likeness (QED) is 0.453. The summed E-state index contributed by atoms with van der Waals surface area (Å²) in [6.45, 7) is 17.3. The van der Waals surface area contributed by atoms with E-state index in [0.29, 0.717) is 42.3 Å². The molecule has 2 amide bonds. The number of carbonyl (C=O) groups is 2. The smallest absolute Gasteiger partial charge is 0.410 e. The lowest BCUT2D eigenvalue weighted by Crippen LogP contribution is -2.62. The molecule has 0 bridgehead atoms. The van der Waals surface area contributed by atoms with Gasteiger partial charge in [-0.2, -0.15) is 0 Å². The van der Waals surface area contributed by atoms with E-state index in [4.69, 9.17) is 14.1 Å². The molecule has 37 heavy (non-hydrogen) atoms. The van der Waals surface area contributed by atoms with Crippen molar-refractivity contribution in [3.05, 3.63) is 29.2 Å². The summed E-state index contributed by atoms with van der Waals surface area (Å²) in [4.78, 5) is 34.9. The van der Waals surface area contributed by atoms with Gasteiger partial charge in [0.2, 0.25) is 0 Å². The average Bonchev–Trinajstić information content (AvgIpc) is 3.12. The molecule has 2 aromatic rings. The lowest BCUT2D eigenvalue weighted by molar-refractivity contribution is -0.0117. The molecule has 202 valence electrons. The van der Waals surface area contributed by atoms with E-state index < -0.39 is 11.1 Å². The van der Waals surface area contributed by atoms with Crippen molar-refractivity contribution in [2.45, 2.75) is 110 Å². The average molecular weight is 510 g/mol. The van der Waals surface area contributed by atoms with Crippen LogP contribution in [-0.2, 0) is 10.2 Å². The van der Waals surface area contributed by atoms with E-state index in [0.717, 1.165) is 16.8 Å². The number of hydrogen-bond acceptors (Lipinski definition) is 5. The van der Waals surface area contributed by atoms with Crippen molar-refractivity contribution in [3.63, 3.8) is 0 Å². The number of aromatic nitrogens is 1. The molecule has 0 aromatic carbocycles. The lowest BCUT2D eigenvalue weighted by Gasteiger charge is -2.54. The van der Waals surface area contributed by atoms with Crippen LogP contribution in [0.1, 0.15) is 115 Å². The van der Waals surface area contributed by atoms with Gasteiger partial charge in [0, 0.05) is 42.9 Å².